The summed E-state index contributed by atoms with van der Waals surface area (Å²) >= 11 is 5.86. The first kappa shape index (κ1) is 11.3. The van der Waals surface area contributed by atoms with Gasteiger partial charge in [0.25, 0.3) is 0 Å². The lowest BCUT2D eigenvalue weighted by Gasteiger charge is -2.16. The van der Waals surface area contributed by atoms with E-state index in [-0.39, 0.29) is 0 Å². The lowest BCUT2D eigenvalue weighted by Crippen LogP contribution is -2.21. The van der Waals surface area contributed by atoms with E-state index in [2.05, 4.69) is 12.2 Å². The average molecular weight is 214 g/mol. The van der Waals surface area contributed by atoms with Crippen LogP contribution in [0, 0.1) is 6.92 Å². The van der Waals surface area contributed by atoms with Crippen LogP contribution in [0.25, 0.3) is 0 Å². The predicted molar refractivity (Wildman–Crippen MR) is 61.1 cm³/mol. The third-order valence-electron chi connectivity index (χ3n) is 2.01. The van der Waals surface area contributed by atoms with Crippen molar-refractivity contribution < 1.29 is 4.74 Å². The van der Waals surface area contributed by atoms with Crippen LogP contribution in [0.5, 0.6) is 0 Å². The average Bonchev–Trinajstić information content (AvgIpc) is 2.10. The van der Waals surface area contributed by atoms with Crippen LogP contribution in [0.1, 0.15) is 12.5 Å². The van der Waals surface area contributed by atoms with E-state index in [1.165, 1.54) is 0 Å². The van der Waals surface area contributed by atoms with Crippen LogP contribution < -0.4 is 5.32 Å². The van der Waals surface area contributed by atoms with Crippen LogP contribution in [0.4, 0.5) is 5.69 Å². The summed E-state index contributed by atoms with van der Waals surface area (Å²) in [6.45, 7) is 4.81. The van der Waals surface area contributed by atoms with Crippen molar-refractivity contribution in [3.05, 3.63) is 28.8 Å². The van der Waals surface area contributed by atoms with Gasteiger partial charge in [-0.1, -0.05) is 11.6 Å². The van der Waals surface area contributed by atoms with Gasteiger partial charge in [-0.2, -0.15) is 0 Å². The van der Waals surface area contributed by atoms with Crippen molar-refractivity contribution in [2.75, 3.05) is 19.0 Å². The molecule has 78 valence electrons. The Morgan fingerprint density at radius 3 is 2.79 bits per heavy atom. The van der Waals surface area contributed by atoms with Crippen LogP contribution in [-0.2, 0) is 4.74 Å². The molecule has 0 saturated carbocycles. The van der Waals surface area contributed by atoms with Crippen molar-refractivity contribution in [3.63, 3.8) is 0 Å². The molecule has 0 saturated heterocycles. The van der Waals surface area contributed by atoms with Gasteiger partial charge in [-0.05, 0) is 37.6 Å². The second-order valence-electron chi connectivity index (χ2n) is 3.46. The Bertz CT molecular complexity index is 301. The minimum Gasteiger partial charge on any atom is -0.383 e. The van der Waals surface area contributed by atoms with E-state index in [0.29, 0.717) is 12.6 Å². The van der Waals surface area contributed by atoms with Gasteiger partial charge in [-0.3, -0.25) is 0 Å². The summed E-state index contributed by atoms with van der Waals surface area (Å²) in [5.74, 6) is 0. The Kier molecular flexibility index (Phi) is 4.23. The van der Waals surface area contributed by atoms with Crippen molar-refractivity contribution in [3.8, 4) is 0 Å². The SMILES string of the molecule is COCC(C)Nc1ccc(Cl)cc1C. The molecule has 0 bridgehead atoms. The molecule has 1 aromatic rings. The fourth-order valence-corrected chi connectivity index (χ4v) is 1.57. The highest BCUT2D eigenvalue weighted by Crippen LogP contribution is 2.20. The van der Waals surface area contributed by atoms with Crippen molar-refractivity contribution in [2.45, 2.75) is 19.9 Å². The van der Waals surface area contributed by atoms with E-state index >= 15 is 0 Å². The normalized spacial score (nSPS) is 12.6. The maximum absolute atomic E-state index is 5.86. The number of aryl methyl sites for hydroxylation is 1. The molecular formula is C11H16ClNO. The van der Waals surface area contributed by atoms with Gasteiger partial charge in [0.05, 0.1) is 6.61 Å². The second-order valence-corrected chi connectivity index (χ2v) is 3.90. The van der Waals surface area contributed by atoms with Gasteiger partial charge in [0, 0.05) is 23.9 Å². The van der Waals surface area contributed by atoms with E-state index in [9.17, 15) is 0 Å². The molecule has 0 amide bonds. The van der Waals surface area contributed by atoms with E-state index < -0.39 is 0 Å². The number of nitrogens with one attached hydrogen (secondary N) is 1. The fraction of sp³-hybridized carbons (Fsp3) is 0.455. The van der Waals surface area contributed by atoms with Crippen LogP contribution in [0.3, 0.4) is 0 Å². The fourth-order valence-electron chi connectivity index (χ4n) is 1.35. The van der Waals surface area contributed by atoms with Crippen molar-refractivity contribution in [1.82, 2.24) is 0 Å². The summed E-state index contributed by atoms with van der Waals surface area (Å²) in [7, 11) is 1.70. The Balaban J connectivity index is 2.67. The molecule has 0 heterocycles. The Labute approximate surface area is 90.2 Å². The van der Waals surface area contributed by atoms with E-state index in [4.69, 9.17) is 16.3 Å². The molecule has 0 spiro atoms. The van der Waals surface area contributed by atoms with Gasteiger partial charge in [-0.25, -0.2) is 0 Å². The molecule has 0 aliphatic carbocycles. The summed E-state index contributed by atoms with van der Waals surface area (Å²) in [6.07, 6.45) is 0. The third-order valence-corrected chi connectivity index (χ3v) is 2.24. The number of hydrogen-bond acceptors (Lipinski definition) is 2. The monoisotopic (exact) mass is 213 g/mol. The standard InChI is InChI=1S/C11H16ClNO/c1-8-6-10(12)4-5-11(8)13-9(2)7-14-3/h4-6,9,13H,7H2,1-3H3. The smallest absolute Gasteiger partial charge is 0.0661 e. The first-order valence-corrected chi connectivity index (χ1v) is 5.03. The molecule has 1 N–H and O–H groups in total. The van der Waals surface area contributed by atoms with Gasteiger partial charge in [-0.15, -0.1) is 0 Å². The molecule has 3 heteroatoms. The molecule has 2 nitrogen and oxygen atoms in total. The predicted octanol–water partition coefficient (Wildman–Crippen LogP) is 3.10. The van der Waals surface area contributed by atoms with Crippen molar-refractivity contribution in [2.24, 2.45) is 0 Å². The quantitative estimate of drug-likeness (QED) is 0.830. The van der Waals surface area contributed by atoms with Gasteiger partial charge < -0.3 is 10.1 Å². The minimum absolute atomic E-state index is 0.305. The van der Waals surface area contributed by atoms with Crippen molar-refractivity contribution in [1.29, 1.82) is 0 Å². The lowest BCUT2D eigenvalue weighted by molar-refractivity contribution is 0.190. The number of benzene rings is 1. The molecule has 1 aromatic carbocycles. The van der Waals surface area contributed by atoms with Crippen LogP contribution in [0.15, 0.2) is 18.2 Å². The number of anilines is 1. The van der Waals surface area contributed by atoms with E-state index in [1.807, 2.05) is 25.1 Å². The van der Waals surface area contributed by atoms with Crippen LogP contribution >= 0.6 is 11.6 Å². The number of ether oxygens (including phenoxy) is 1. The highest BCUT2D eigenvalue weighted by molar-refractivity contribution is 6.30. The summed E-state index contributed by atoms with van der Waals surface area (Å²) in [6, 6.07) is 6.13. The molecule has 1 unspecified atom stereocenters. The van der Waals surface area contributed by atoms with Gasteiger partial charge in [0.2, 0.25) is 0 Å². The number of rotatable bonds is 4. The summed E-state index contributed by atoms with van der Waals surface area (Å²) < 4.78 is 5.05. The second kappa shape index (κ2) is 5.23. The van der Waals surface area contributed by atoms with Gasteiger partial charge >= 0.3 is 0 Å². The zero-order valence-corrected chi connectivity index (χ0v) is 9.56. The summed E-state index contributed by atoms with van der Waals surface area (Å²) in [5, 5.41) is 4.13. The number of hydrogen-bond donors (Lipinski definition) is 1. The Morgan fingerprint density at radius 2 is 2.21 bits per heavy atom. The van der Waals surface area contributed by atoms with Gasteiger partial charge in [0.15, 0.2) is 0 Å². The molecule has 0 radical (unpaired) electrons. The third kappa shape index (κ3) is 3.20. The first-order valence-electron chi connectivity index (χ1n) is 4.65. The van der Waals surface area contributed by atoms with E-state index in [1.54, 1.807) is 7.11 Å². The molecule has 14 heavy (non-hydrogen) atoms. The summed E-state index contributed by atoms with van der Waals surface area (Å²) in [4.78, 5) is 0. The number of methoxy groups -OCH3 is 1. The van der Waals surface area contributed by atoms with E-state index in [0.717, 1.165) is 16.3 Å². The highest BCUT2D eigenvalue weighted by Gasteiger charge is 2.03. The van der Waals surface area contributed by atoms with Gasteiger partial charge in [0.1, 0.15) is 0 Å². The lowest BCUT2D eigenvalue weighted by atomic mass is 10.2. The Morgan fingerprint density at radius 1 is 1.50 bits per heavy atom. The zero-order chi connectivity index (χ0) is 10.6. The Hall–Kier alpha value is -0.730. The molecular weight excluding hydrogens is 198 g/mol. The van der Waals surface area contributed by atoms with Crippen LogP contribution in [-0.4, -0.2) is 19.8 Å². The maximum atomic E-state index is 5.86. The molecule has 1 atom stereocenters. The first-order chi connectivity index (χ1) is 6.63. The number of halogens is 1. The van der Waals surface area contributed by atoms with Crippen LogP contribution in [0.2, 0.25) is 5.02 Å². The minimum atomic E-state index is 0.305. The zero-order valence-electron chi connectivity index (χ0n) is 8.80. The molecule has 1 rings (SSSR count). The molecule has 0 fully saturated rings. The molecule has 0 aliphatic heterocycles. The summed E-state index contributed by atoms with van der Waals surface area (Å²) in [5.41, 5.74) is 2.26. The highest BCUT2D eigenvalue weighted by atomic mass is 35.5. The topological polar surface area (TPSA) is 21.3 Å². The maximum Gasteiger partial charge on any atom is 0.0661 e. The van der Waals surface area contributed by atoms with Crippen molar-refractivity contribution >= 4 is 17.3 Å². The molecule has 0 aromatic heterocycles. The molecule has 0 aliphatic rings. The largest absolute Gasteiger partial charge is 0.383 e.